The molecule has 1 aromatic carbocycles. The Hall–Kier alpha value is -2.21. The van der Waals surface area contributed by atoms with Crippen molar-refractivity contribution >= 4 is 38.3 Å². The topological polar surface area (TPSA) is 76.7 Å². The van der Waals surface area contributed by atoms with Crippen LogP contribution in [0.4, 0.5) is 16.8 Å². The molecule has 0 fully saturated rings. The first kappa shape index (κ1) is 9.98. The molecule has 0 spiro atoms. The summed E-state index contributed by atoms with van der Waals surface area (Å²) in [4.78, 5) is 12.5. The second kappa shape index (κ2) is 3.99. The summed E-state index contributed by atoms with van der Waals surface area (Å²) in [6, 6.07) is 7.94. The van der Waals surface area contributed by atoms with Crippen LogP contribution in [0, 0.1) is 0 Å². The Morgan fingerprint density at radius 1 is 1.12 bits per heavy atom. The minimum absolute atomic E-state index is 0.367. The average molecular weight is 243 g/mol. The van der Waals surface area contributed by atoms with Crippen molar-refractivity contribution in [1.82, 2.24) is 15.0 Å². The predicted molar refractivity (Wildman–Crippen MR) is 69.3 cm³/mol. The average Bonchev–Trinajstić information content (AvgIpc) is 2.74. The van der Waals surface area contributed by atoms with Gasteiger partial charge in [-0.25, -0.2) is 15.0 Å². The summed E-state index contributed by atoms with van der Waals surface area (Å²) < 4.78 is 1.12. The fourth-order valence-corrected chi connectivity index (χ4v) is 2.34. The lowest BCUT2D eigenvalue weighted by molar-refractivity contribution is 1.20. The lowest BCUT2D eigenvalue weighted by atomic mass is 10.3. The molecule has 5 nitrogen and oxygen atoms in total. The largest absolute Gasteiger partial charge is 0.381 e. The highest BCUT2D eigenvalue weighted by molar-refractivity contribution is 7.22. The number of nitrogen functional groups attached to an aromatic ring is 1. The SMILES string of the molecule is Nc1nccnc1Nc1nc2ccccc2s1. The van der Waals surface area contributed by atoms with E-state index >= 15 is 0 Å². The molecule has 0 bridgehead atoms. The molecule has 3 N–H and O–H groups in total. The Labute approximate surface area is 101 Å². The molecule has 17 heavy (non-hydrogen) atoms. The number of nitrogens with one attached hydrogen (secondary N) is 1. The van der Waals surface area contributed by atoms with Crippen molar-refractivity contribution in [1.29, 1.82) is 0 Å². The third-order valence-electron chi connectivity index (χ3n) is 2.25. The summed E-state index contributed by atoms with van der Waals surface area (Å²) >= 11 is 1.56. The number of anilines is 3. The maximum Gasteiger partial charge on any atom is 0.189 e. The highest BCUT2D eigenvalue weighted by Crippen LogP contribution is 2.28. The molecule has 0 aliphatic heterocycles. The van der Waals surface area contributed by atoms with E-state index < -0.39 is 0 Å². The third-order valence-corrected chi connectivity index (χ3v) is 3.20. The summed E-state index contributed by atoms with van der Waals surface area (Å²) in [5.41, 5.74) is 6.66. The first-order valence-corrected chi connectivity index (χ1v) is 5.83. The van der Waals surface area contributed by atoms with Gasteiger partial charge in [-0.15, -0.1) is 0 Å². The highest BCUT2D eigenvalue weighted by Gasteiger charge is 2.06. The first-order chi connectivity index (χ1) is 8.33. The van der Waals surface area contributed by atoms with Crippen molar-refractivity contribution < 1.29 is 0 Å². The minimum atomic E-state index is 0.367. The number of aromatic nitrogens is 3. The van der Waals surface area contributed by atoms with Crippen molar-refractivity contribution in [2.75, 3.05) is 11.1 Å². The summed E-state index contributed by atoms with van der Waals surface area (Å²) in [5.74, 6) is 0.901. The van der Waals surface area contributed by atoms with Crippen LogP contribution in [0.15, 0.2) is 36.7 Å². The Morgan fingerprint density at radius 2 is 1.94 bits per heavy atom. The van der Waals surface area contributed by atoms with Crippen molar-refractivity contribution in [2.24, 2.45) is 0 Å². The number of rotatable bonds is 2. The van der Waals surface area contributed by atoms with Crippen molar-refractivity contribution in [2.45, 2.75) is 0 Å². The Balaban J connectivity index is 1.98. The molecule has 0 aliphatic carbocycles. The second-order valence-electron chi connectivity index (χ2n) is 3.40. The molecule has 0 radical (unpaired) electrons. The molecular formula is C11H9N5S. The molecule has 2 heterocycles. The smallest absolute Gasteiger partial charge is 0.189 e. The summed E-state index contributed by atoms with van der Waals surface area (Å²) in [6.45, 7) is 0. The van der Waals surface area contributed by atoms with E-state index in [9.17, 15) is 0 Å². The number of thiazole rings is 1. The van der Waals surface area contributed by atoms with E-state index in [1.165, 1.54) is 0 Å². The molecule has 84 valence electrons. The first-order valence-electron chi connectivity index (χ1n) is 5.02. The molecule has 0 saturated carbocycles. The quantitative estimate of drug-likeness (QED) is 0.722. The fourth-order valence-electron chi connectivity index (χ4n) is 1.47. The lowest BCUT2D eigenvalue weighted by Crippen LogP contribution is -2.00. The molecule has 3 rings (SSSR count). The minimum Gasteiger partial charge on any atom is -0.381 e. The van der Waals surface area contributed by atoms with Crippen molar-refractivity contribution in [3.63, 3.8) is 0 Å². The van der Waals surface area contributed by atoms with Crippen LogP contribution in [0.1, 0.15) is 0 Å². The maximum absolute atomic E-state index is 5.70. The molecule has 2 aromatic heterocycles. The van der Waals surface area contributed by atoms with Crippen LogP contribution in [0.25, 0.3) is 10.2 Å². The molecule has 0 aliphatic rings. The van der Waals surface area contributed by atoms with E-state index in [4.69, 9.17) is 5.73 Å². The number of nitrogens with two attached hydrogens (primary N) is 1. The monoisotopic (exact) mass is 243 g/mol. The number of hydrogen-bond donors (Lipinski definition) is 2. The molecule has 3 aromatic rings. The van der Waals surface area contributed by atoms with Gasteiger partial charge in [0.05, 0.1) is 10.2 Å². The van der Waals surface area contributed by atoms with Crippen LogP contribution >= 0.6 is 11.3 Å². The number of fused-ring (bicyclic) bond motifs is 1. The van der Waals surface area contributed by atoms with E-state index in [0.717, 1.165) is 15.3 Å². The fraction of sp³-hybridized carbons (Fsp3) is 0. The van der Waals surface area contributed by atoms with Gasteiger partial charge in [-0.05, 0) is 12.1 Å². The van der Waals surface area contributed by atoms with Gasteiger partial charge < -0.3 is 11.1 Å². The summed E-state index contributed by atoms with van der Waals surface area (Å²) in [5, 5.41) is 3.83. The number of hydrogen-bond acceptors (Lipinski definition) is 6. The Morgan fingerprint density at radius 3 is 2.76 bits per heavy atom. The van der Waals surface area contributed by atoms with Crippen LogP contribution in [0.5, 0.6) is 0 Å². The summed E-state index contributed by atoms with van der Waals surface area (Å²) in [6.07, 6.45) is 3.14. The zero-order valence-corrected chi connectivity index (χ0v) is 9.61. The van der Waals surface area contributed by atoms with Gasteiger partial charge in [0.15, 0.2) is 16.8 Å². The van der Waals surface area contributed by atoms with Crippen LogP contribution < -0.4 is 11.1 Å². The number of nitrogens with zero attached hydrogens (tertiary/aromatic N) is 3. The Kier molecular flexibility index (Phi) is 2.34. The maximum atomic E-state index is 5.70. The summed E-state index contributed by atoms with van der Waals surface area (Å²) in [7, 11) is 0. The lowest BCUT2D eigenvalue weighted by Gasteiger charge is -2.02. The van der Waals surface area contributed by atoms with Gasteiger partial charge in [-0.1, -0.05) is 23.5 Å². The van der Waals surface area contributed by atoms with Gasteiger partial charge in [-0.3, -0.25) is 0 Å². The standard InChI is InChI=1S/C11H9N5S/c12-9-10(14-6-5-13-9)16-11-15-7-3-1-2-4-8(7)17-11/h1-6H,(H2,12,13)(H,14,15,16). The van der Waals surface area contributed by atoms with E-state index in [0.29, 0.717) is 11.6 Å². The highest BCUT2D eigenvalue weighted by atomic mass is 32.1. The van der Waals surface area contributed by atoms with Crippen molar-refractivity contribution in [3.05, 3.63) is 36.7 Å². The molecule has 0 unspecified atom stereocenters. The molecule has 0 amide bonds. The van der Waals surface area contributed by atoms with Crippen LogP contribution in [-0.2, 0) is 0 Å². The van der Waals surface area contributed by atoms with Gasteiger partial charge in [0, 0.05) is 12.4 Å². The van der Waals surface area contributed by atoms with E-state index in [1.54, 1.807) is 23.7 Å². The van der Waals surface area contributed by atoms with Gasteiger partial charge in [0.1, 0.15) is 0 Å². The van der Waals surface area contributed by atoms with E-state index in [1.807, 2.05) is 24.3 Å². The van der Waals surface area contributed by atoms with Gasteiger partial charge in [-0.2, -0.15) is 0 Å². The number of para-hydroxylation sites is 1. The zero-order valence-electron chi connectivity index (χ0n) is 8.79. The van der Waals surface area contributed by atoms with Crippen LogP contribution in [-0.4, -0.2) is 15.0 Å². The predicted octanol–water partition coefficient (Wildman–Crippen LogP) is 2.41. The van der Waals surface area contributed by atoms with Gasteiger partial charge in [0.2, 0.25) is 0 Å². The van der Waals surface area contributed by atoms with Crippen LogP contribution in [0.3, 0.4) is 0 Å². The molecular weight excluding hydrogens is 234 g/mol. The number of benzene rings is 1. The van der Waals surface area contributed by atoms with E-state index in [2.05, 4.69) is 20.3 Å². The van der Waals surface area contributed by atoms with Crippen LogP contribution in [0.2, 0.25) is 0 Å². The Bertz CT molecular complexity index is 631. The third kappa shape index (κ3) is 1.90. The van der Waals surface area contributed by atoms with Gasteiger partial charge >= 0.3 is 0 Å². The second-order valence-corrected chi connectivity index (χ2v) is 4.43. The molecule has 0 saturated heterocycles. The zero-order chi connectivity index (χ0) is 11.7. The molecule has 6 heteroatoms. The van der Waals surface area contributed by atoms with E-state index in [-0.39, 0.29) is 0 Å². The van der Waals surface area contributed by atoms with Crippen molar-refractivity contribution in [3.8, 4) is 0 Å². The van der Waals surface area contributed by atoms with Gasteiger partial charge in [0.25, 0.3) is 0 Å². The molecule has 0 atom stereocenters. The normalized spacial score (nSPS) is 10.6.